The third-order valence-electron chi connectivity index (χ3n) is 3.66. The molecule has 124 valence electrons. The van der Waals surface area contributed by atoms with Gasteiger partial charge in [-0.15, -0.1) is 0 Å². The molecule has 0 radical (unpaired) electrons. The van der Waals surface area contributed by atoms with Gasteiger partial charge in [-0.25, -0.2) is 4.79 Å². The minimum atomic E-state index is -0.404. The molecule has 0 aliphatic rings. The predicted octanol–water partition coefficient (Wildman–Crippen LogP) is 4.85. The molecule has 0 atom stereocenters. The van der Waals surface area contributed by atoms with E-state index in [1.165, 1.54) is 7.11 Å². The van der Waals surface area contributed by atoms with Crippen molar-refractivity contribution in [1.82, 2.24) is 4.73 Å². The number of hydrogen-bond acceptors (Lipinski definition) is 3. The van der Waals surface area contributed by atoms with E-state index in [0.29, 0.717) is 27.8 Å². The molecular formula is C18H15Cl2NO3. The Morgan fingerprint density at radius 2 is 1.83 bits per heavy atom. The zero-order valence-electron chi connectivity index (χ0n) is 13.2. The van der Waals surface area contributed by atoms with Gasteiger partial charge in [-0.2, -0.15) is 4.73 Å². The molecule has 3 aromatic rings. The molecule has 0 N–H and O–H groups in total. The van der Waals surface area contributed by atoms with Gasteiger partial charge in [0.15, 0.2) is 0 Å². The minimum Gasteiger partial charge on any atom is -0.465 e. The van der Waals surface area contributed by atoms with Crippen LogP contribution in [0.25, 0.3) is 22.2 Å². The number of ether oxygens (including phenoxy) is 1. The number of esters is 1. The molecule has 0 saturated heterocycles. The summed E-state index contributed by atoms with van der Waals surface area (Å²) in [5.74, 6) is -0.404. The summed E-state index contributed by atoms with van der Waals surface area (Å²) in [5.41, 5.74) is 2.60. The Hall–Kier alpha value is -2.17. The molecule has 4 nitrogen and oxygen atoms in total. The lowest BCUT2D eigenvalue weighted by molar-refractivity contribution is 0.0600. The van der Waals surface area contributed by atoms with Crippen molar-refractivity contribution in [2.24, 2.45) is 0 Å². The van der Waals surface area contributed by atoms with Crippen molar-refractivity contribution in [2.45, 2.75) is 6.92 Å². The number of fused-ring (bicyclic) bond motifs is 1. The van der Waals surface area contributed by atoms with E-state index < -0.39 is 5.97 Å². The molecule has 1 aromatic heterocycles. The standard InChI is InChI=1S/C18H15Cl2NO3/c1-3-24-21-15-10-12(18(22)23-2)8-7-11(15)9-16(21)17-13(19)5-4-6-14(17)20/h4-10H,3H2,1-2H3. The van der Waals surface area contributed by atoms with E-state index in [9.17, 15) is 4.79 Å². The highest BCUT2D eigenvalue weighted by Crippen LogP contribution is 2.37. The molecule has 3 rings (SSSR count). The van der Waals surface area contributed by atoms with Crippen molar-refractivity contribution >= 4 is 40.1 Å². The summed E-state index contributed by atoms with van der Waals surface area (Å²) in [6.07, 6.45) is 0. The Kier molecular flexibility index (Phi) is 4.69. The van der Waals surface area contributed by atoms with Gasteiger partial charge >= 0.3 is 5.97 Å². The van der Waals surface area contributed by atoms with Gasteiger partial charge in [0.25, 0.3) is 0 Å². The fraction of sp³-hybridized carbons (Fsp3) is 0.167. The molecule has 0 aliphatic carbocycles. The van der Waals surface area contributed by atoms with Crippen LogP contribution < -0.4 is 4.84 Å². The van der Waals surface area contributed by atoms with E-state index in [1.54, 1.807) is 35.1 Å². The van der Waals surface area contributed by atoms with E-state index in [2.05, 4.69) is 0 Å². The van der Waals surface area contributed by atoms with E-state index >= 15 is 0 Å². The second kappa shape index (κ2) is 6.75. The summed E-state index contributed by atoms with van der Waals surface area (Å²) in [6.45, 7) is 2.33. The van der Waals surface area contributed by atoms with Crippen LogP contribution >= 0.6 is 23.2 Å². The fourth-order valence-electron chi connectivity index (χ4n) is 2.61. The van der Waals surface area contributed by atoms with Crippen molar-refractivity contribution < 1.29 is 14.4 Å². The Balaban J connectivity index is 2.29. The molecule has 0 spiro atoms. The van der Waals surface area contributed by atoms with Crippen LogP contribution in [0.15, 0.2) is 42.5 Å². The van der Waals surface area contributed by atoms with Gasteiger partial charge < -0.3 is 9.57 Å². The smallest absolute Gasteiger partial charge is 0.337 e. The van der Waals surface area contributed by atoms with E-state index in [0.717, 1.165) is 16.6 Å². The lowest BCUT2D eigenvalue weighted by Crippen LogP contribution is -2.12. The van der Waals surface area contributed by atoms with Crippen molar-refractivity contribution in [1.29, 1.82) is 0 Å². The lowest BCUT2D eigenvalue weighted by Gasteiger charge is -2.13. The minimum absolute atomic E-state index is 0.404. The van der Waals surface area contributed by atoms with Gasteiger partial charge in [-0.05, 0) is 37.3 Å². The number of carbonyl (C=O) groups is 1. The monoisotopic (exact) mass is 363 g/mol. The molecular weight excluding hydrogens is 349 g/mol. The summed E-state index contributed by atoms with van der Waals surface area (Å²) in [6, 6.07) is 12.5. The summed E-state index contributed by atoms with van der Waals surface area (Å²) >= 11 is 12.7. The topological polar surface area (TPSA) is 40.5 Å². The number of halogens is 2. The number of methoxy groups -OCH3 is 1. The number of hydrogen-bond donors (Lipinski definition) is 0. The van der Waals surface area contributed by atoms with Crippen LogP contribution in [0.3, 0.4) is 0 Å². The second-order valence-electron chi connectivity index (χ2n) is 5.10. The second-order valence-corrected chi connectivity index (χ2v) is 5.92. The van der Waals surface area contributed by atoms with E-state index in [-0.39, 0.29) is 0 Å². The third kappa shape index (κ3) is 2.83. The van der Waals surface area contributed by atoms with Crippen LogP contribution in [0.1, 0.15) is 17.3 Å². The van der Waals surface area contributed by atoms with Crippen LogP contribution in [-0.2, 0) is 4.74 Å². The first-order valence-electron chi connectivity index (χ1n) is 7.38. The summed E-state index contributed by atoms with van der Waals surface area (Å²) in [5, 5.41) is 1.96. The summed E-state index contributed by atoms with van der Waals surface area (Å²) in [7, 11) is 1.35. The number of aromatic nitrogens is 1. The van der Waals surface area contributed by atoms with E-state index in [1.807, 2.05) is 19.1 Å². The number of rotatable bonds is 4. The molecule has 0 aliphatic heterocycles. The Morgan fingerprint density at radius 3 is 2.46 bits per heavy atom. The van der Waals surface area contributed by atoms with Crippen molar-refractivity contribution in [3.63, 3.8) is 0 Å². The Labute approximate surface area is 149 Å². The van der Waals surface area contributed by atoms with Gasteiger partial charge in [0.1, 0.15) is 6.61 Å². The molecule has 0 unspecified atom stereocenters. The molecule has 0 bridgehead atoms. The number of carbonyl (C=O) groups excluding carboxylic acids is 1. The first kappa shape index (κ1) is 16.7. The van der Waals surface area contributed by atoms with Gasteiger partial charge in [0.05, 0.1) is 33.9 Å². The van der Waals surface area contributed by atoms with Crippen LogP contribution in [0, 0.1) is 0 Å². The molecule has 6 heteroatoms. The third-order valence-corrected chi connectivity index (χ3v) is 4.29. The van der Waals surface area contributed by atoms with Crippen LogP contribution in [0.2, 0.25) is 10.0 Å². The highest BCUT2D eigenvalue weighted by molar-refractivity contribution is 6.39. The number of benzene rings is 2. The van der Waals surface area contributed by atoms with Crippen molar-refractivity contribution in [2.75, 3.05) is 13.7 Å². The van der Waals surface area contributed by atoms with Crippen LogP contribution in [0.5, 0.6) is 0 Å². The Bertz CT molecular complexity index is 898. The summed E-state index contributed by atoms with van der Waals surface area (Å²) in [4.78, 5) is 17.6. The Morgan fingerprint density at radius 1 is 1.12 bits per heavy atom. The van der Waals surface area contributed by atoms with Gasteiger partial charge in [0, 0.05) is 10.9 Å². The molecule has 2 aromatic carbocycles. The first-order chi connectivity index (χ1) is 11.6. The van der Waals surface area contributed by atoms with Crippen molar-refractivity contribution in [3.8, 4) is 11.3 Å². The lowest BCUT2D eigenvalue weighted by atomic mass is 10.1. The maximum Gasteiger partial charge on any atom is 0.337 e. The highest BCUT2D eigenvalue weighted by atomic mass is 35.5. The largest absolute Gasteiger partial charge is 0.465 e. The highest BCUT2D eigenvalue weighted by Gasteiger charge is 2.18. The van der Waals surface area contributed by atoms with E-state index in [4.69, 9.17) is 32.8 Å². The quantitative estimate of drug-likeness (QED) is 0.622. The summed E-state index contributed by atoms with van der Waals surface area (Å²) < 4.78 is 6.43. The average Bonchev–Trinajstić information content (AvgIpc) is 2.92. The number of nitrogens with zero attached hydrogens (tertiary/aromatic N) is 1. The molecule has 0 fully saturated rings. The fourth-order valence-corrected chi connectivity index (χ4v) is 3.20. The van der Waals surface area contributed by atoms with Crippen molar-refractivity contribution in [3.05, 3.63) is 58.1 Å². The molecule has 24 heavy (non-hydrogen) atoms. The molecule has 0 saturated carbocycles. The molecule has 0 amide bonds. The maximum atomic E-state index is 11.8. The van der Waals surface area contributed by atoms with Crippen LogP contribution in [-0.4, -0.2) is 24.4 Å². The maximum absolute atomic E-state index is 11.8. The average molecular weight is 364 g/mol. The van der Waals surface area contributed by atoms with Gasteiger partial charge in [-0.3, -0.25) is 0 Å². The SMILES string of the molecule is CCOn1c(-c2c(Cl)cccc2Cl)cc2ccc(C(=O)OC)cc21. The van der Waals surface area contributed by atoms with Crippen LogP contribution in [0.4, 0.5) is 0 Å². The first-order valence-corrected chi connectivity index (χ1v) is 8.14. The van der Waals surface area contributed by atoms with Gasteiger partial charge in [-0.1, -0.05) is 35.3 Å². The van der Waals surface area contributed by atoms with Gasteiger partial charge in [0.2, 0.25) is 0 Å². The zero-order valence-corrected chi connectivity index (χ0v) is 14.7. The predicted molar refractivity (Wildman–Crippen MR) is 95.9 cm³/mol. The zero-order chi connectivity index (χ0) is 17.3. The normalized spacial score (nSPS) is 10.8. The molecule has 1 heterocycles.